The first kappa shape index (κ1) is 16.6. The summed E-state index contributed by atoms with van der Waals surface area (Å²) in [5.74, 6) is 0. The summed E-state index contributed by atoms with van der Waals surface area (Å²) in [6.45, 7) is 15.2. The summed E-state index contributed by atoms with van der Waals surface area (Å²) in [5.41, 5.74) is 2.88. The highest BCUT2D eigenvalue weighted by Crippen LogP contribution is 2.29. The molecule has 0 unspecified atom stereocenters. The Labute approximate surface area is 113 Å². The van der Waals surface area contributed by atoms with Gasteiger partial charge in [0.05, 0.1) is 0 Å². The van der Waals surface area contributed by atoms with Gasteiger partial charge in [0.25, 0.3) is 0 Å². The third-order valence-electron chi connectivity index (χ3n) is 2.46. The van der Waals surface area contributed by atoms with Crippen LogP contribution in [0.4, 0.5) is 0 Å². The highest BCUT2D eigenvalue weighted by atomic mass is 32.1. The molecule has 17 heavy (non-hydrogen) atoms. The smallest absolute Gasteiger partial charge is 0.0322 e. The quantitative estimate of drug-likeness (QED) is 0.621. The van der Waals surface area contributed by atoms with Crippen LogP contribution in [0.3, 0.4) is 0 Å². The van der Waals surface area contributed by atoms with Gasteiger partial charge in [-0.2, -0.15) is 12.6 Å². The minimum atomic E-state index is -0.0452. The van der Waals surface area contributed by atoms with Crippen LogP contribution in [0, 0.1) is 0 Å². The van der Waals surface area contributed by atoms with E-state index < -0.39 is 0 Å². The van der Waals surface area contributed by atoms with Gasteiger partial charge >= 0.3 is 0 Å². The molecule has 0 atom stereocenters. The second kappa shape index (κ2) is 6.49. The van der Waals surface area contributed by atoms with Crippen molar-refractivity contribution in [2.75, 3.05) is 0 Å². The first-order valence-electron chi connectivity index (χ1n) is 6.46. The van der Waals surface area contributed by atoms with Gasteiger partial charge in [-0.25, -0.2) is 0 Å². The molecule has 1 aromatic carbocycles. The summed E-state index contributed by atoms with van der Waals surface area (Å²) in [6.07, 6.45) is 1.25. The molecule has 1 rings (SSSR count). The van der Waals surface area contributed by atoms with Crippen LogP contribution in [0.1, 0.15) is 66.0 Å². The fourth-order valence-electron chi connectivity index (χ4n) is 1.38. The lowest BCUT2D eigenvalue weighted by molar-refractivity contribution is 0.589. The highest BCUT2D eigenvalue weighted by molar-refractivity contribution is 7.81. The first-order chi connectivity index (χ1) is 7.62. The van der Waals surface area contributed by atoms with Gasteiger partial charge in [-0.15, -0.1) is 0 Å². The van der Waals surface area contributed by atoms with E-state index in [1.807, 2.05) is 0 Å². The lowest BCUT2D eigenvalue weighted by atomic mass is 9.86. The van der Waals surface area contributed by atoms with Gasteiger partial charge in [0.2, 0.25) is 0 Å². The molecule has 0 aliphatic rings. The van der Waals surface area contributed by atoms with Gasteiger partial charge < -0.3 is 0 Å². The average molecular weight is 252 g/mol. The molecule has 0 heterocycles. The fourth-order valence-corrected chi connectivity index (χ4v) is 1.53. The largest absolute Gasteiger partial charge is 0.168 e. The van der Waals surface area contributed by atoms with Crippen molar-refractivity contribution in [1.82, 2.24) is 0 Å². The molecule has 0 bridgehead atoms. The Balaban J connectivity index is 0.000000770. The van der Waals surface area contributed by atoms with Crippen molar-refractivity contribution in [1.29, 1.82) is 0 Å². The Morgan fingerprint density at radius 1 is 0.824 bits per heavy atom. The third-order valence-corrected chi connectivity index (χ3v) is 2.72. The number of benzene rings is 1. The molecule has 0 N–H and O–H groups in total. The zero-order valence-corrected chi connectivity index (χ0v) is 13.4. The Hall–Kier alpha value is -0.430. The number of thiol groups is 1. The molecule has 1 heteroatoms. The minimum Gasteiger partial charge on any atom is -0.168 e. The molecule has 98 valence electrons. The van der Waals surface area contributed by atoms with Gasteiger partial charge in [0.1, 0.15) is 0 Å². The molecule has 0 aliphatic carbocycles. The van der Waals surface area contributed by atoms with Crippen molar-refractivity contribution in [2.24, 2.45) is 0 Å². The number of hydrogen-bond donors (Lipinski definition) is 1. The third kappa shape index (κ3) is 6.16. The number of hydrogen-bond acceptors (Lipinski definition) is 1. The molecule has 0 radical (unpaired) electrons. The molecular formula is C16H28S. The van der Waals surface area contributed by atoms with E-state index in [2.05, 4.69) is 85.4 Å². The average Bonchev–Trinajstić information content (AvgIpc) is 2.16. The molecule has 0 amide bonds. The van der Waals surface area contributed by atoms with E-state index in [0.29, 0.717) is 0 Å². The van der Waals surface area contributed by atoms with E-state index in [1.165, 1.54) is 17.5 Å². The fraction of sp³-hybridized carbons (Fsp3) is 0.625. The van der Waals surface area contributed by atoms with Crippen molar-refractivity contribution in [3.05, 3.63) is 35.4 Å². The first-order valence-corrected chi connectivity index (χ1v) is 6.91. The molecule has 0 nitrogen and oxygen atoms in total. The van der Waals surface area contributed by atoms with Gasteiger partial charge in [-0.05, 0) is 30.4 Å². The Morgan fingerprint density at radius 3 is 1.35 bits per heavy atom. The van der Waals surface area contributed by atoms with Crippen LogP contribution in [-0.4, -0.2) is 0 Å². The molecule has 0 fully saturated rings. The summed E-state index contributed by atoms with van der Waals surface area (Å²) >= 11 is 4.55. The zero-order valence-electron chi connectivity index (χ0n) is 12.5. The molecule has 0 saturated carbocycles. The van der Waals surface area contributed by atoms with E-state index in [1.54, 1.807) is 0 Å². The maximum Gasteiger partial charge on any atom is 0.0322 e. The Kier molecular flexibility index (Phi) is 6.32. The van der Waals surface area contributed by atoms with E-state index in [-0.39, 0.29) is 10.2 Å². The summed E-state index contributed by atoms with van der Waals surface area (Å²) in [7, 11) is 0. The summed E-state index contributed by atoms with van der Waals surface area (Å²) in [4.78, 5) is 0. The molecule has 0 saturated heterocycles. The van der Waals surface area contributed by atoms with Gasteiger partial charge in [-0.3, -0.25) is 0 Å². The molecule has 1 aromatic rings. The molecule has 0 spiro atoms. The maximum atomic E-state index is 4.55. The minimum absolute atomic E-state index is 0.0452. The van der Waals surface area contributed by atoms with E-state index in [9.17, 15) is 0 Å². The van der Waals surface area contributed by atoms with E-state index in [0.717, 1.165) is 0 Å². The Morgan fingerprint density at radius 2 is 1.12 bits per heavy atom. The van der Waals surface area contributed by atoms with Crippen LogP contribution >= 0.6 is 12.6 Å². The predicted octanol–water partition coefficient (Wildman–Crippen LogP) is 5.57. The normalized spacial score (nSPS) is 11.8. The predicted molar refractivity (Wildman–Crippen MR) is 83.1 cm³/mol. The van der Waals surface area contributed by atoms with Crippen LogP contribution < -0.4 is 0 Å². The standard InChI is InChI=1S/C13H20S.C3H8/c1-12(2,3)10-6-8-11(9-7-10)13(4,5)14;1-3-2/h6-9,14H,1-5H3;3H2,1-2H3. The van der Waals surface area contributed by atoms with Crippen LogP contribution in [-0.2, 0) is 10.2 Å². The van der Waals surface area contributed by atoms with Crippen molar-refractivity contribution in [2.45, 2.75) is 65.0 Å². The lowest BCUT2D eigenvalue weighted by Gasteiger charge is -2.22. The van der Waals surface area contributed by atoms with Gasteiger partial charge in [0.15, 0.2) is 0 Å². The second-order valence-corrected chi connectivity index (χ2v) is 7.21. The summed E-state index contributed by atoms with van der Waals surface area (Å²) in [5, 5.41) is 0. The maximum absolute atomic E-state index is 4.55. The van der Waals surface area contributed by atoms with Crippen LogP contribution in [0.2, 0.25) is 0 Å². The number of rotatable bonds is 1. The van der Waals surface area contributed by atoms with Crippen LogP contribution in [0.5, 0.6) is 0 Å². The van der Waals surface area contributed by atoms with Crippen molar-refractivity contribution in [3.8, 4) is 0 Å². The zero-order chi connectivity index (χ0) is 13.7. The van der Waals surface area contributed by atoms with Crippen molar-refractivity contribution in [3.63, 3.8) is 0 Å². The van der Waals surface area contributed by atoms with Gasteiger partial charge in [-0.1, -0.05) is 65.3 Å². The lowest BCUT2D eigenvalue weighted by Crippen LogP contribution is -2.12. The molecule has 0 aliphatic heterocycles. The molecular weight excluding hydrogens is 224 g/mol. The summed E-state index contributed by atoms with van der Waals surface area (Å²) in [6, 6.07) is 8.75. The molecule has 0 aromatic heterocycles. The van der Waals surface area contributed by atoms with Crippen LogP contribution in [0.25, 0.3) is 0 Å². The van der Waals surface area contributed by atoms with E-state index >= 15 is 0 Å². The van der Waals surface area contributed by atoms with Crippen molar-refractivity contribution < 1.29 is 0 Å². The Bertz CT molecular complexity index is 276. The summed E-state index contributed by atoms with van der Waals surface area (Å²) < 4.78 is -0.0452. The van der Waals surface area contributed by atoms with Crippen LogP contribution in [0.15, 0.2) is 24.3 Å². The monoisotopic (exact) mass is 252 g/mol. The SMILES string of the molecule is CC(C)(C)c1ccc(C(C)(C)S)cc1.CCC. The van der Waals surface area contributed by atoms with E-state index in [4.69, 9.17) is 0 Å². The van der Waals surface area contributed by atoms with Crippen molar-refractivity contribution >= 4 is 12.6 Å². The second-order valence-electron chi connectivity index (χ2n) is 6.09. The van der Waals surface area contributed by atoms with Gasteiger partial charge in [0, 0.05) is 4.75 Å². The topological polar surface area (TPSA) is 0 Å². The highest BCUT2D eigenvalue weighted by Gasteiger charge is 2.17.